The molecule has 0 aromatic heterocycles. The van der Waals surface area contributed by atoms with Gasteiger partial charge in [-0.2, -0.15) is 0 Å². The first-order valence-corrected chi connectivity index (χ1v) is 7.12. The predicted molar refractivity (Wildman–Crippen MR) is 71.6 cm³/mol. The molecular weight excluding hydrogens is 270 g/mol. The smallest absolute Gasteiger partial charge is 0.273 e. The maximum Gasteiger partial charge on any atom is 0.273 e. The van der Waals surface area contributed by atoms with Gasteiger partial charge in [-0.05, 0) is 27.1 Å². The summed E-state index contributed by atoms with van der Waals surface area (Å²) in [5, 5.41) is 10.8. The van der Waals surface area contributed by atoms with Crippen LogP contribution in [-0.4, -0.2) is 45.4 Å². The molecule has 0 atom stereocenters. The van der Waals surface area contributed by atoms with Gasteiger partial charge in [0.2, 0.25) is 10.0 Å². The van der Waals surface area contributed by atoms with E-state index < -0.39 is 14.9 Å². The summed E-state index contributed by atoms with van der Waals surface area (Å²) in [5.74, 6) is 0. The van der Waals surface area contributed by atoms with Crippen LogP contribution in [0.2, 0.25) is 0 Å². The summed E-state index contributed by atoms with van der Waals surface area (Å²) in [7, 11) is -0.0610. The van der Waals surface area contributed by atoms with E-state index >= 15 is 0 Å². The summed E-state index contributed by atoms with van der Waals surface area (Å²) in [6.07, 6.45) is 0. The Morgan fingerprint density at radius 1 is 1.37 bits per heavy atom. The highest BCUT2D eigenvalue weighted by Crippen LogP contribution is 2.21. The second-order valence-corrected chi connectivity index (χ2v) is 6.17. The Morgan fingerprint density at radius 3 is 2.53 bits per heavy atom. The molecule has 0 radical (unpaired) electrons. The first kappa shape index (κ1) is 15.5. The van der Waals surface area contributed by atoms with E-state index in [0.29, 0.717) is 12.1 Å². The van der Waals surface area contributed by atoms with Gasteiger partial charge >= 0.3 is 0 Å². The first-order valence-electron chi connectivity index (χ1n) is 5.63. The van der Waals surface area contributed by atoms with Crippen LogP contribution in [0, 0.1) is 17.0 Å². The Bertz CT molecular complexity index is 569. The summed E-state index contributed by atoms with van der Waals surface area (Å²) < 4.78 is 26.3. The van der Waals surface area contributed by atoms with Crippen molar-refractivity contribution in [2.45, 2.75) is 11.8 Å². The Morgan fingerprint density at radius 2 is 2.00 bits per heavy atom. The number of rotatable bonds is 6. The van der Waals surface area contributed by atoms with E-state index in [-0.39, 0.29) is 17.1 Å². The highest BCUT2D eigenvalue weighted by molar-refractivity contribution is 7.89. The fraction of sp³-hybridized carbons (Fsp3) is 0.455. The molecule has 7 nitrogen and oxygen atoms in total. The summed E-state index contributed by atoms with van der Waals surface area (Å²) in [6.45, 7) is 2.36. The van der Waals surface area contributed by atoms with Crippen LogP contribution in [0.3, 0.4) is 0 Å². The number of benzene rings is 1. The SMILES string of the molecule is Cc1ccc(S(=O)(=O)NCCN(C)C)cc1[N+](=O)[O-]. The van der Waals surface area contributed by atoms with Gasteiger partial charge in [-0.3, -0.25) is 10.1 Å². The van der Waals surface area contributed by atoms with Crippen molar-refractivity contribution in [3.63, 3.8) is 0 Å². The van der Waals surface area contributed by atoms with Crippen LogP contribution in [-0.2, 0) is 10.0 Å². The fourth-order valence-corrected chi connectivity index (χ4v) is 2.48. The van der Waals surface area contributed by atoms with Gasteiger partial charge in [-0.25, -0.2) is 13.1 Å². The van der Waals surface area contributed by atoms with Crippen molar-refractivity contribution in [1.82, 2.24) is 9.62 Å². The normalized spacial score (nSPS) is 11.8. The zero-order valence-electron chi connectivity index (χ0n) is 11.1. The second-order valence-electron chi connectivity index (χ2n) is 4.41. The van der Waals surface area contributed by atoms with Crippen molar-refractivity contribution in [1.29, 1.82) is 0 Å². The molecule has 19 heavy (non-hydrogen) atoms. The monoisotopic (exact) mass is 287 g/mol. The molecule has 1 aromatic rings. The Labute approximate surface area is 112 Å². The van der Waals surface area contributed by atoms with Gasteiger partial charge in [0.05, 0.1) is 9.82 Å². The van der Waals surface area contributed by atoms with Crippen LogP contribution < -0.4 is 4.72 Å². The number of hydrogen-bond donors (Lipinski definition) is 1. The molecule has 0 spiro atoms. The zero-order valence-corrected chi connectivity index (χ0v) is 11.9. The minimum Gasteiger partial charge on any atom is -0.308 e. The number of sulfonamides is 1. The van der Waals surface area contributed by atoms with Crippen molar-refractivity contribution >= 4 is 15.7 Å². The summed E-state index contributed by atoms with van der Waals surface area (Å²) in [5.41, 5.74) is 0.229. The molecule has 0 amide bonds. The van der Waals surface area contributed by atoms with E-state index in [0.717, 1.165) is 6.07 Å². The van der Waals surface area contributed by atoms with Crippen LogP contribution >= 0.6 is 0 Å². The lowest BCUT2D eigenvalue weighted by Gasteiger charge is -2.11. The summed E-state index contributed by atoms with van der Waals surface area (Å²) >= 11 is 0. The molecule has 0 aliphatic heterocycles. The van der Waals surface area contributed by atoms with Crippen molar-refractivity contribution in [2.24, 2.45) is 0 Å². The molecule has 106 valence electrons. The molecule has 0 bridgehead atoms. The third-order valence-corrected chi connectivity index (χ3v) is 4.00. The molecule has 1 N–H and O–H groups in total. The minimum absolute atomic E-state index is 0.0939. The van der Waals surface area contributed by atoms with Crippen molar-refractivity contribution < 1.29 is 13.3 Å². The maximum absolute atomic E-state index is 11.9. The highest BCUT2D eigenvalue weighted by atomic mass is 32.2. The second kappa shape index (κ2) is 6.09. The third kappa shape index (κ3) is 4.27. The quantitative estimate of drug-likeness (QED) is 0.615. The largest absolute Gasteiger partial charge is 0.308 e. The van der Waals surface area contributed by atoms with Gasteiger partial charge in [0, 0.05) is 24.7 Å². The Balaban J connectivity index is 2.96. The van der Waals surface area contributed by atoms with Gasteiger partial charge in [0.1, 0.15) is 0 Å². The zero-order chi connectivity index (χ0) is 14.6. The van der Waals surface area contributed by atoms with Crippen LogP contribution in [0.25, 0.3) is 0 Å². The van der Waals surface area contributed by atoms with E-state index in [4.69, 9.17) is 0 Å². The maximum atomic E-state index is 11.9. The average molecular weight is 287 g/mol. The standard InChI is InChI=1S/C11H17N3O4S/c1-9-4-5-10(8-11(9)14(15)16)19(17,18)12-6-7-13(2)3/h4-5,8,12H,6-7H2,1-3H3. The molecule has 1 aromatic carbocycles. The van der Waals surface area contributed by atoms with Crippen LogP contribution in [0.1, 0.15) is 5.56 Å². The van der Waals surface area contributed by atoms with Gasteiger partial charge < -0.3 is 4.90 Å². The number of nitrogens with zero attached hydrogens (tertiary/aromatic N) is 2. The molecule has 0 fully saturated rings. The van der Waals surface area contributed by atoms with E-state index in [1.54, 1.807) is 6.92 Å². The van der Waals surface area contributed by atoms with Crippen molar-refractivity contribution in [3.05, 3.63) is 33.9 Å². The van der Waals surface area contributed by atoms with Crippen LogP contribution in [0.15, 0.2) is 23.1 Å². The van der Waals surface area contributed by atoms with E-state index in [9.17, 15) is 18.5 Å². The highest BCUT2D eigenvalue weighted by Gasteiger charge is 2.19. The molecule has 0 aliphatic rings. The number of aryl methyl sites for hydroxylation is 1. The Hall–Kier alpha value is -1.51. The predicted octanol–water partition coefficient (Wildman–Crippen LogP) is 0.743. The van der Waals surface area contributed by atoms with E-state index in [2.05, 4.69) is 4.72 Å². The number of nitro groups is 1. The van der Waals surface area contributed by atoms with Gasteiger partial charge in [0.25, 0.3) is 5.69 Å². The number of likely N-dealkylation sites (N-methyl/N-ethyl adjacent to an activating group) is 1. The van der Waals surface area contributed by atoms with Crippen molar-refractivity contribution in [2.75, 3.05) is 27.2 Å². The first-order chi connectivity index (χ1) is 8.74. The van der Waals surface area contributed by atoms with Gasteiger partial charge in [-0.15, -0.1) is 0 Å². The van der Waals surface area contributed by atoms with Crippen molar-refractivity contribution in [3.8, 4) is 0 Å². The summed E-state index contributed by atoms with van der Waals surface area (Å²) in [6, 6.07) is 3.87. The average Bonchev–Trinajstić information content (AvgIpc) is 2.27. The van der Waals surface area contributed by atoms with Gasteiger partial charge in [-0.1, -0.05) is 6.07 Å². The lowest BCUT2D eigenvalue weighted by molar-refractivity contribution is -0.385. The van der Waals surface area contributed by atoms with E-state index in [1.807, 2.05) is 19.0 Å². The molecule has 0 saturated heterocycles. The molecule has 0 heterocycles. The number of hydrogen-bond acceptors (Lipinski definition) is 5. The fourth-order valence-electron chi connectivity index (χ4n) is 1.44. The number of nitrogens with one attached hydrogen (secondary N) is 1. The molecule has 8 heteroatoms. The minimum atomic E-state index is -3.71. The molecule has 0 unspecified atom stereocenters. The lowest BCUT2D eigenvalue weighted by Crippen LogP contribution is -2.31. The number of nitro benzene ring substituents is 1. The summed E-state index contributed by atoms with van der Waals surface area (Å²) in [4.78, 5) is 11.9. The molecule has 1 rings (SSSR count). The molecular formula is C11H17N3O4S. The van der Waals surface area contributed by atoms with Crippen LogP contribution in [0.4, 0.5) is 5.69 Å². The lowest BCUT2D eigenvalue weighted by atomic mass is 10.2. The molecule has 0 aliphatic carbocycles. The molecule has 0 saturated carbocycles. The van der Waals surface area contributed by atoms with E-state index in [1.165, 1.54) is 12.1 Å². The van der Waals surface area contributed by atoms with Crippen LogP contribution in [0.5, 0.6) is 0 Å². The third-order valence-electron chi connectivity index (χ3n) is 2.54. The Kier molecular flexibility index (Phi) is 4.98. The van der Waals surface area contributed by atoms with Gasteiger partial charge in [0.15, 0.2) is 0 Å². The topological polar surface area (TPSA) is 92.6 Å².